The SMILES string of the molecule is CCNc1cc(Oc2ccc3c(c2)CCC3)nc(SC)n1. The Balaban J connectivity index is 1.85. The highest BCUT2D eigenvalue weighted by Gasteiger charge is 2.12. The molecule has 1 aliphatic rings. The smallest absolute Gasteiger partial charge is 0.225 e. The zero-order valence-corrected chi connectivity index (χ0v) is 13.2. The molecule has 110 valence electrons. The van der Waals surface area contributed by atoms with E-state index in [0.29, 0.717) is 11.0 Å². The lowest BCUT2D eigenvalue weighted by molar-refractivity contribution is 0.455. The van der Waals surface area contributed by atoms with Crippen molar-refractivity contribution in [1.29, 1.82) is 0 Å². The van der Waals surface area contributed by atoms with Crippen molar-refractivity contribution < 1.29 is 4.74 Å². The fourth-order valence-corrected chi connectivity index (χ4v) is 2.92. The maximum Gasteiger partial charge on any atom is 0.225 e. The molecule has 0 amide bonds. The molecule has 1 aromatic heterocycles. The lowest BCUT2D eigenvalue weighted by atomic mass is 10.1. The minimum atomic E-state index is 0.586. The Morgan fingerprint density at radius 2 is 2.05 bits per heavy atom. The zero-order valence-electron chi connectivity index (χ0n) is 12.3. The molecule has 0 saturated carbocycles. The summed E-state index contributed by atoms with van der Waals surface area (Å²) in [5, 5.41) is 3.92. The summed E-state index contributed by atoms with van der Waals surface area (Å²) in [6.07, 6.45) is 5.54. The van der Waals surface area contributed by atoms with Gasteiger partial charge in [-0.3, -0.25) is 0 Å². The molecule has 0 radical (unpaired) electrons. The van der Waals surface area contributed by atoms with Crippen LogP contribution in [-0.4, -0.2) is 22.8 Å². The number of aryl methyl sites for hydroxylation is 2. The summed E-state index contributed by atoms with van der Waals surface area (Å²) in [5.74, 6) is 2.24. The Hall–Kier alpha value is -1.75. The third-order valence-corrected chi connectivity index (χ3v) is 4.06. The van der Waals surface area contributed by atoms with Crippen LogP contribution in [0.25, 0.3) is 0 Å². The number of ether oxygens (including phenoxy) is 1. The summed E-state index contributed by atoms with van der Waals surface area (Å²) in [6.45, 7) is 2.87. The summed E-state index contributed by atoms with van der Waals surface area (Å²) in [7, 11) is 0. The number of nitrogens with one attached hydrogen (secondary N) is 1. The van der Waals surface area contributed by atoms with Crippen molar-refractivity contribution in [3.63, 3.8) is 0 Å². The summed E-state index contributed by atoms with van der Waals surface area (Å²) < 4.78 is 5.93. The quantitative estimate of drug-likeness (QED) is 0.670. The van der Waals surface area contributed by atoms with Gasteiger partial charge in [-0.1, -0.05) is 17.8 Å². The molecule has 0 fully saturated rings. The fraction of sp³-hybridized carbons (Fsp3) is 0.375. The molecule has 1 heterocycles. The first-order valence-electron chi connectivity index (χ1n) is 7.25. The van der Waals surface area contributed by atoms with Gasteiger partial charge in [0.25, 0.3) is 0 Å². The Labute approximate surface area is 129 Å². The van der Waals surface area contributed by atoms with Gasteiger partial charge in [0.15, 0.2) is 5.16 Å². The maximum atomic E-state index is 5.93. The number of anilines is 1. The van der Waals surface area contributed by atoms with E-state index >= 15 is 0 Å². The van der Waals surface area contributed by atoms with Crippen LogP contribution in [-0.2, 0) is 12.8 Å². The van der Waals surface area contributed by atoms with Gasteiger partial charge in [-0.25, -0.2) is 4.98 Å². The van der Waals surface area contributed by atoms with E-state index in [-0.39, 0.29) is 0 Å². The highest BCUT2D eigenvalue weighted by molar-refractivity contribution is 7.98. The van der Waals surface area contributed by atoms with Gasteiger partial charge < -0.3 is 10.1 Å². The topological polar surface area (TPSA) is 47.0 Å². The van der Waals surface area contributed by atoms with E-state index in [1.807, 2.05) is 25.3 Å². The maximum absolute atomic E-state index is 5.93. The molecule has 21 heavy (non-hydrogen) atoms. The Kier molecular flexibility index (Phi) is 4.29. The van der Waals surface area contributed by atoms with Gasteiger partial charge in [-0.2, -0.15) is 4.98 Å². The number of hydrogen-bond donors (Lipinski definition) is 1. The number of benzene rings is 1. The number of aromatic nitrogens is 2. The molecule has 0 bridgehead atoms. The van der Waals surface area contributed by atoms with Gasteiger partial charge in [0.2, 0.25) is 5.88 Å². The van der Waals surface area contributed by atoms with Crippen LogP contribution in [0, 0.1) is 0 Å². The molecule has 3 rings (SSSR count). The van der Waals surface area contributed by atoms with E-state index in [1.54, 1.807) is 0 Å². The molecule has 1 aromatic carbocycles. The Morgan fingerprint density at radius 1 is 1.19 bits per heavy atom. The molecule has 4 nitrogen and oxygen atoms in total. The van der Waals surface area contributed by atoms with Gasteiger partial charge in [-0.15, -0.1) is 0 Å². The average molecular weight is 301 g/mol. The number of hydrogen-bond acceptors (Lipinski definition) is 5. The second-order valence-corrected chi connectivity index (χ2v) is 5.77. The van der Waals surface area contributed by atoms with Gasteiger partial charge in [0.1, 0.15) is 11.6 Å². The standard InChI is InChI=1S/C16H19N3OS/c1-3-17-14-10-15(19-16(18-14)21-2)20-13-8-7-11-5-4-6-12(11)9-13/h7-10H,3-6H2,1-2H3,(H,17,18,19). The summed E-state index contributed by atoms with van der Waals surface area (Å²) in [5.41, 5.74) is 2.85. The molecule has 1 aliphatic carbocycles. The number of nitrogens with zero attached hydrogens (tertiary/aromatic N) is 2. The number of rotatable bonds is 5. The van der Waals surface area contributed by atoms with Gasteiger partial charge >= 0.3 is 0 Å². The van der Waals surface area contributed by atoms with Crippen molar-refractivity contribution in [3.05, 3.63) is 35.4 Å². The highest BCUT2D eigenvalue weighted by Crippen LogP contribution is 2.29. The predicted molar refractivity (Wildman–Crippen MR) is 86.5 cm³/mol. The predicted octanol–water partition coefficient (Wildman–Crippen LogP) is 3.91. The lowest BCUT2D eigenvalue weighted by Crippen LogP contribution is -2.02. The molecular weight excluding hydrogens is 282 g/mol. The third kappa shape index (κ3) is 3.29. The van der Waals surface area contributed by atoms with Crippen molar-refractivity contribution in [1.82, 2.24) is 9.97 Å². The monoisotopic (exact) mass is 301 g/mol. The van der Waals surface area contributed by atoms with Crippen molar-refractivity contribution in [2.75, 3.05) is 18.1 Å². The average Bonchev–Trinajstić information content (AvgIpc) is 2.95. The van der Waals surface area contributed by atoms with Crippen LogP contribution < -0.4 is 10.1 Å². The molecule has 0 spiro atoms. The van der Waals surface area contributed by atoms with Crippen molar-refractivity contribution >= 4 is 17.6 Å². The summed E-state index contributed by atoms with van der Waals surface area (Å²) in [4.78, 5) is 8.81. The second kappa shape index (κ2) is 6.35. The van der Waals surface area contributed by atoms with E-state index in [0.717, 1.165) is 24.5 Å². The number of thioether (sulfide) groups is 1. The number of fused-ring (bicyclic) bond motifs is 1. The molecule has 0 atom stereocenters. The summed E-state index contributed by atoms with van der Waals surface area (Å²) >= 11 is 1.51. The molecule has 1 N–H and O–H groups in total. The molecule has 5 heteroatoms. The highest BCUT2D eigenvalue weighted by atomic mass is 32.2. The first-order valence-corrected chi connectivity index (χ1v) is 8.47. The molecule has 2 aromatic rings. The van der Waals surface area contributed by atoms with Crippen LogP contribution >= 0.6 is 11.8 Å². The first-order chi connectivity index (χ1) is 10.3. The third-order valence-electron chi connectivity index (χ3n) is 3.51. The van der Waals surface area contributed by atoms with Crippen LogP contribution in [0.15, 0.2) is 29.4 Å². The normalized spacial score (nSPS) is 13.0. The van der Waals surface area contributed by atoms with E-state index in [2.05, 4.69) is 27.4 Å². The zero-order chi connectivity index (χ0) is 14.7. The second-order valence-electron chi connectivity index (χ2n) is 4.99. The van der Waals surface area contributed by atoms with Crippen molar-refractivity contribution in [3.8, 4) is 11.6 Å². The van der Waals surface area contributed by atoms with Crippen LogP contribution in [0.2, 0.25) is 0 Å². The molecular formula is C16H19N3OS. The van der Waals surface area contributed by atoms with E-state index in [4.69, 9.17) is 4.74 Å². The fourth-order valence-electron chi connectivity index (χ4n) is 2.55. The molecule has 0 aliphatic heterocycles. The first kappa shape index (κ1) is 14.2. The molecule has 0 saturated heterocycles. The minimum absolute atomic E-state index is 0.586. The van der Waals surface area contributed by atoms with Crippen LogP contribution in [0.1, 0.15) is 24.5 Å². The van der Waals surface area contributed by atoms with E-state index in [9.17, 15) is 0 Å². The van der Waals surface area contributed by atoms with Crippen LogP contribution in [0.5, 0.6) is 11.6 Å². The van der Waals surface area contributed by atoms with Crippen molar-refractivity contribution in [2.24, 2.45) is 0 Å². The van der Waals surface area contributed by atoms with Gasteiger partial charge in [0.05, 0.1) is 0 Å². The van der Waals surface area contributed by atoms with Gasteiger partial charge in [-0.05, 0) is 55.7 Å². The van der Waals surface area contributed by atoms with Crippen molar-refractivity contribution in [2.45, 2.75) is 31.3 Å². The largest absolute Gasteiger partial charge is 0.439 e. The van der Waals surface area contributed by atoms with E-state index < -0.39 is 0 Å². The van der Waals surface area contributed by atoms with E-state index in [1.165, 1.54) is 35.7 Å². The molecule has 0 unspecified atom stereocenters. The Bertz CT molecular complexity index is 645. The van der Waals surface area contributed by atoms with Gasteiger partial charge in [0, 0.05) is 12.6 Å². The van der Waals surface area contributed by atoms with Crippen LogP contribution in [0.3, 0.4) is 0 Å². The lowest BCUT2D eigenvalue weighted by Gasteiger charge is -2.10. The van der Waals surface area contributed by atoms with Crippen LogP contribution in [0.4, 0.5) is 5.82 Å². The summed E-state index contributed by atoms with van der Waals surface area (Å²) in [6, 6.07) is 8.17. The Morgan fingerprint density at radius 3 is 2.86 bits per heavy atom. The minimum Gasteiger partial charge on any atom is -0.439 e.